The third-order valence-electron chi connectivity index (χ3n) is 3.63. The maximum atomic E-state index is 12.2. The van der Waals surface area contributed by atoms with Gasteiger partial charge in [-0.2, -0.15) is 0 Å². The molecule has 0 aliphatic carbocycles. The first-order chi connectivity index (χ1) is 11.6. The maximum absolute atomic E-state index is 12.2. The molecule has 1 aliphatic heterocycles. The number of nitrogens with one attached hydrogen (secondary N) is 2. The summed E-state index contributed by atoms with van der Waals surface area (Å²) in [7, 11) is 1.61. The van der Waals surface area contributed by atoms with Gasteiger partial charge < -0.3 is 21.1 Å². The maximum Gasteiger partial charge on any atom is 0.229 e. The molecule has 1 amide bonds. The molecule has 2 aromatic rings. The normalized spacial score (nSPS) is 13.5. The molecule has 0 saturated heterocycles. The molecule has 3 rings (SSSR count). The predicted molar refractivity (Wildman–Crippen MR) is 97.9 cm³/mol. The van der Waals surface area contributed by atoms with Crippen molar-refractivity contribution in [3.8, 4) is 5.75 Å². The summed E-state index contributed by atoms with van der Waals surface area (Å²) in [6.45, 7) is 0.713. The molecule has 1 aliphatic rings. The number of carbonyl (C=O) groups is 1. The number of ether oxygens (including phenoxy) is 1. The molecule has 2 heterocycles. The SMILES string of the molecule is COc1cccc(CC(=O)Nc2cc(C3=CCNC(N)=C3)cs2)c1. The average molecular weight is 341 g/mol. The lowest BCUT2D eigenvalue weighted by Gasteiger charge is -2.11. The molecule has 24 heavy (non-hydrogen) atoms. The summed E-state index contributed by atoms with van der Waals surface area (Å²) in [5, 5.41) is 8.83. The molecule has 4 N–H and O–H groups in total. The van der Waals surface area contributed by atoms with Crippen LogP contribution in [0.3, 0.4) is 0 Å². The van der Waals surface area contributed by atoms with E-state index in [1.165, 1.54) is 11.3 Å². The van der Waals surface area contributed by atoms with E-state index >= 15 is 0 Å². The van der Waals surface area contributed by atoms with Crippen molar-refractivity contribution < 1.29 is 9.53 Å². The van der Waals surface area contributed by atoms with E-state index < -0.39 is 0 Å². The number of amides is 1. The summed E-state index contributed by atoms with van der Waals surface area (Å²) in [5.41, 5.74) is 8.83. The van der Waals surface area contributed by atoms with Crippen molar-refractivity contribution in [2.75, 3.05) is 19.0 Å². The lowest BCUT2D eigenvalue weighted by atomic mass is 10.1. The molecular weight excluding hydrogens is 322 g/mol. The highest BCUT2D eigenvalue weighted by Crippen LogP contribution is 2.28. The number of methoxy groups -OCH3 is 1. The largest absolute Gasteiger partial charge is 0.497 e. The highest BCUT2D eigenvalue weighted by Gasteiger charge is 2.10. The van der Waals surface area contributed by atoms with Crippen LogP contribution in [0.2, 0.25) is 0 Å². The molecule has 0 unspecified atom stereocenters. The van der Waals surface area contributed by atoms with Gasteiger partial charge in [0.1, 0.15) is 5.75 Å². The van der Waals surface area contributed by atoms with Crippen LogP contribution in [0.1, 0.15) is 11.1 Å². The first kappa shape index (κ1) is 16.1. The fourth-order valence-electron chi connectivity index (χ4n) is 2.46. The van der Waals surface area contributed by atoms with Crippen molar-refractivity contribution in [2.24, 2.45) is 5.73 Å². The van der Waals surface area contributed by atoms with Crippen molar-refractivity contribution in [1.82, 2.24) is 5.32 Å². The summed E-state index contributed by atoms with van der Waals surface area (Å²) < 4.78 is 5.18. The summed E-state index contributed by atoms with van der Waals surface area (Å²) in [4.78, 5) is 12.2. The Morgan fingerprint density at radius 2 is 2.29 bits per heavy atom. The van der Waals surface area contributed by atoms with E-state index in [1.54, 1.807) is 7.11 Å². The van der Waals surface area contributed by atoms with Gasteiger partial charge in [0, 0.05) is 11.9 Å². The minimum Gasteiger partial charge on any atom is -0.497 e. The molecule has 5 nitrogen and oxygen atoms in total. The summed E-state index contributed by atoms with van der Waals surface area (Å²) in [6.07, 6.45) is 4.28. The fourth-order valence-corrected chi connectivity index (χ4v) is 3.29. The summed E-state index contributed by atoms with van der Waals surface area (Å²) >= 11 is 1.50. The van der Waals surface area contributed by atoms with E-state index in [-0.39, 0.29) is 5.91 Å². The van der Waals surface area contributed by atoms with Gasteiger partial charge in [0.2, 0.25) is 5.91 Å². The number of hydrogen-bond acceptors (Lipinski definition) is 5. The molecule has 6 heteroatoms. The van der Waals surface area contributed by atoms with Crippen LogP contribution in [0.5, 0.6) is 5.75 Å². The second-order valence-electron chi connectivity index (χ2n) is 5.42. The topological polar surface area (TPSA) is 76.4 Å². The van der Waals surface area contributed by atoms with Gasteiger partial charge in [0.15, 0.2) is 0 Å². The Hall–Kier alpha value is -2.73. The molecule has 0 fully saturated rings. The van der Waals surface area contributed by atoms with Gasteiger partial charge in [-0.15, -0.1) is 11.3 Å². The van der Waals surface area contributed by atoms with Crippen molar-refractivity contribution in [3.63, 3.8) is 0 Å². The lowest BCUT2D eigenvalue weighted by Crippen LogP contribution is -2.22. The third kappa shape index (κ3) is 3.97. The van der Waals surface area contributed by atoms with Crippen LogP contribution in [0.15, 0.2) is 53.7 Å². The van der Waals surface area contributed by atoms with Gasteiger partial charge in [-0.3, -0.25) is 4.79 Å². The number of rotatable bonds is 5. The minimum absolute atomic E-state index is 0.0500. The van der Waals surface area contributed by atoms with Crippen LogP contribution >= 0.6 is 11.3 Å². The third-order valence-corrected chi connectivity index (χ3v) is 4.48. The Labute approximate surface area is 144 Å². The Balaban J connectivity index is 1.64. The standard InChI is InChI=1S/C18H19N3O2S/c1-23-15-4-2-3-12(7-15)8-17(22)21-18-10-14(11-24-18)13-5-6-20-16(19)9-13/h2-5,7,9-11,20H,6,8,19H2,1H3,(H,21,22). The predicted octanol–water partition coefficient (Wildman–Crippen LogP) is 2.72. The molecule has 1 aromatic carbocycles. The van der Waals surface area contributed by atoms with Crippen molar-refractivity contribution >= 4 is 27.8 Å². The number of dihydropyridines is 1. The molecule has 124 valence electrons. The van der Waals surface area contributed by atoms with Gasteiger partial charge in [-0.05, 0) is 41.0 Å². The molecule has 0 atom stereocenters. The molecule has 1 aromatic heterocycles. The number of hydrogen-bond donors (Lipinski definition) is 3. The second kappa shape index (κ2) is 7.23. The van der Waals surface area contributed by atoms with Gasteiger partial charge in [0.05, 0.1) is 24.4 Å². The quantitative estimate of drug-likeness (QED) is 0.781. The molecule has 0 bridgehead atoms. The first-order valence-electron chi connectivity index (χ1n) is 7.57. The second-order valence-corrected chi connectivity index (χ2v) is 6.33. The van der Waals surface area contributed by atoms with Crippen molar-refractivity contribution in [2.45, 2.75) is 6.42 Å². The number of carbonyl (C=O) groups excluding carboxylic acids is 1. The Morgan fingerprint density at radius 1 is 1.42 bits per heavy atom. The molecule has 0 saturated carbocycles. The number of thiophene rings is 1. The highest BCUT2D eigenvalue weighted by molar-refractivity contribution is 7.14. The van der Waals surface area contributed by atoms with E-state index in [4.69, 9.17) is 10.5 Å². The van der Waals surface area contributed by atoms with Crippen LogP contribution in [-0.4, -0.2) is 19.6 Å². The lowest BCUT2D eigenvalue weighted by molar-refractivity contribution is -0.115. The summed E-state index contributed by atoms with van der Waals surface area (Å²) in [6, 6.07) is 9.49. The molecular formula is C18H19N3O2S. The Morgan fingerprint density at radius 3 is 3.08 bits per heavy atom. The first-order valence-corrected chi connectivity index (χ1v) is 8.45. The van der Waals surface area contributed by atoms with Crippen molar-refractivity contribution in [1.29, 1.82) is 0 Å². The van der Waals surface area contributed by atoms with E-state index in [1.807, 2.05) is 41.8 Å². The van der Waals surface area contributed by atoms with Crippen LogP contribution in [0.25, 0.3) is 5.57 Å². The summed E-state index contributed by atoms with van der Waals surface area (Å²) in [5.74, 6) is 1.36. The Bertz CT molecular complexity index is 808. The fraction of sp³-hybridized carbons (Fsp3) is 0.167. The zero-order valence-corrected chi connectivity index (χ0v) is 14.2. The number of anilines is 1. The van der Waals surface area contributed by atoms with Crippen LogP contribution in [-0.2, 0) is 11.2 Å². The van der Waals surface area contributed by atoms with Crippen LogP contribution in [0.4, 0.5) is 5.00 Å². The number of nitrogens with two attached hydrogens (primary N) is 1. The zero-order chi connectivity index (χ0) is 16.9. The average Bonchev–Trinajstić information content (AvgIpc) is 3.03. The smallest absolute Gasteiger partial charge is 0.229 e. The number of allylic oxidation sites excluding steroid dienone is 2. The van der Waals surface area contributed by atoms with Crippen molar-refractivity contribution in [3.05, 3.63) is 64.8 Å². The highest BCUT2D eigenvalue weighted by atomic mass is 32.1. The molecule has 0 spiro atoms. The van der Waals surface area contributed by atoms with Crippen LogP contribution < -0.4 is 21.1 Å². The van der Waals surface area contributed by atoms with Gasteiger partial charge >= 0.3 is 0 Å². The van der Waals surface area contributed by atoms with Gasteiger partial charge in [0.25, 0.3) is 0 Å². The number of benzene rings is 1. The zero-order valence-electron chi connectivity index (χ0n) is 13.3. The minimum atomic E-state index is -0.0500. The van der Waals surface area contributed by atoms with E-state index in [9.17, 15) is 4.79 Å². The van der Waals surface area contributed by atoms with E-state index in [0.29, 0.717) is 18.8 Å². The van der Waals surface area contributed by atoms with E-state index in [2.05, 4.69) is 16.7 Å². The Kier molecular flexibility index (Phi) is 4.86. The van der Waals surface area contributed by atoms with Gasteiger partial charge in [-0.1, -0.05) is 18.2 Å². The van der Waals surface area contributed by atoms with E-state index in [0.717, 1.165) is 27.5 Å². The van der Waals surface area contributed by atoms with Gasteiger partial charge in [-0.25, -0.2) is 0 Å². The molecule has 0 radical (unpaired) electrons. The monoisotopic (exact) mass is 341 g/mol. The van der Waals surface area contributed by atoms with Crippen LogP contribution in [0, 0.1) is 0 Å².